The fraction of sp³-hybridized carbons (Fsp3) is 0.231. The van der Waals surface area contributed by atoms with Gasteiger partial charge in [-0.05, 0) is 6.92 Å². The van der Waals surface area contributed by atoms with Crippen molar-refractivity contribution < 1.29 is 32.5 Å². The van der Waals surface area contributed by atoms with Gasteiger partial charge < -0.3 is 0 Å². The van der Waals surface area contributed by atoms with Gasteiger partial charge >= 0.3 is 223 Å². The molecular weight excluding hydrogens is 654 g/mol. The Labute approximate surface area is 228 Å². The molecule has 3 aromatic carbocycles. The van der Waals surface area contributed by atoms with Crippen molar-refractivity contribution >= 4 is 40.4 Å². The van der Waals surface area contributed by atoms with Gasteiger partial charge in [0.2, 0.25) is 0 Å². The van der Waals surface area contributed by atoms with E-state index < -0.39 is 51.8 Å². The predicted molar refractivity (Wildman–Crippen MR) is 148 cm³/mol. The monoisotopic (exact) mass is 679 g/mol. The van der Waals surface area contributed by atoms with Gasteiger partial charge in [0.15, 0.2) is 0 Å². The number of nitrogens with one attached hydrogen (secondary N) is 1. The van der Waals surface area contributed by atoms with Gasteiger partial charge in [0.25, 0.3) is 0 Å². The van der Waals surface area contributed by atoms with Crippen LogP contribution >= 0.6 is 20.2 Å². The van der Waals surface area contributed by atoms with Gasteiger partial charge in [-0.1, -0.05) is 0 Å². The van der Waals surface area contributed by atoms with Gasteiger partial charge in [-0.3, -0.25) is 0 Å². The molecule has 12 heteroatoms. The van der Waals surface area contributed by atoms with E-state index in [1.165, 1.54) is 24.3 Å². The first-order valence-electron chi connectivity index (χ1n) is 11.3. The molecule has 1 unspecified atom stereocenters. The van der Waals surface area contributed by atoms with Crippen molar-refractivity contribution in [1.82, 2.24) is 4.72 Å². The van der Waals surface area contributed by atoms with Crippen LogP contribution in [0.5, 0.6) is 0 Å². The Hall–Kier alpha value is -2.44. The summed E-state index contributed by atoms with van der Waals surface area (Å²) in [5.41, 5.74) is -3.87. The number of hydrogen-bond acceptors (Lipinski definition) is 5. The molecule has 204 valence electrons. The third-order valence-electron chi connectivity index (χ3n) is 5.17. The van der Waals surface area contributed by atoms with E-state index in [1.807, 2.05) is 6.92 Å². The molecule has 0 heterocycles. The molecule has 3 rings (SSSR count). The standard InChI is InChI=1S/C26H25F3INO5S2/c1-21-14-16-25(17-15-21)37(32,33)31-20-8-11-23(22-9-4-2-5-10-22)18-19-30(24-12-6-3-7-13-24)36-38(34,35)26(27,28)29/h2-7,9-10,12-17,23,31H,8,11,20H2,1H3. The van der Waals surface area contributed by atoms with E-state index in [0.29, 0.717) is 16.4 Å². The van der Waals surface area contributed by atoms with E-state index in [-0.39, 0.29) is 11.4 Å². The third kappa shape index (κ3) is 8.54. The van der Waals surface area contributed by atoms with Crippen LogP contribution in [0.2, 0.25) is 0 Å². The molecule has 6 nitrogen and oxygen atoms in total. The van der Waals surface area contributed by atoms with E-state index in [2.05, 4.69) is 17.1 Å². The van der Waals surface area contributed by atoms with Crippen LogP contribution < -0.4 is 4.72 Å². The molecule has 0 saturated carbocycles. The molecule has 0 bridgehead atoms. The second-order valence-electron chi connectivity index (χ2n) is 8.06. The van der Waals surface area contributed by atoms with Gasteiger partial charge in [0, 0.05) is 0 Å². The summed E-state index contributed by atoms with van der Waals surface area (Å²) in [4.78, 5) is 0.142. The number of sulfonamides is 1. The van der Waals surface area contributed by atoms with Crippen molar-refractivity contribution in [3.8, 4) is 9.85 Å². The summed E-state index contributed by atoms with van der Waals surface area (Å²) < 4.78 is 97.9. The summed E-state index contributed by atoms with van der Waals surface area (Å²) in [6.07, 6.45) is 0.749. The summed E-state index contributed by atoms with van der Waals surface area (Å²) in [7, 11) is -9.54. The Bertz CT molecular complexity index is 1470. The minimum absolute atomic E-state index is 0.112. The number of benzene rings is 3. The van der Waals surface area contributed by atoms with Crippen LogP contribution in [-0.2, 0) is 22.7 Å². The van der Waals surface area contributed by atoms with Crippen molar-refractivity contribution in [1.29, 1.82) is 0 Å². The molecule has 0 fully saturated rings. The van der Waals surface area contributed by atoms with Crippen molar-refractivity contribution in [3.63, 3.8) is 0 Å². The Morgan fingerprint density at radius 3 is 2.05 bits per heavy atom. The molecule has 38 heavy (non-hydrogen) atoms. The van der Waals surface area contributed by atoms with Gasteiger partial charge in [0.1, 0.15) is 0 Å². The van der Waals surface area contributed by atoms with Crippen LogP contribution in [0.3, 0.4) is 0 Å². The average Bonchev–Trinajstić information content (AvgIpc) is 2.88. The summed E-state index contributed by atoms with van der Waals surface area (Å²) >= 11 is -3.61. The Kier molecular flexibility index (Phi) is 10.4. The number of hydrogen-bond donors (Lipinski definition) is 1. The third-order valence-corrected chi connectivity index (χ3v) is 12.7. The molecule has 0 aromatic heterocycles. The minimum atomic E-state index is -5.83. The van der Waals surface area contributed by atoms with E-state index in [0.717, 1.165) is 11.1 Å². The average molecular weight is 680 g/mol. The topological polar surface area (TPSA) is 89.5 Å². The summed E-state index contributed by atoms with van der Waals surface area (Å²) in [5, 5.41) is 0. The molecule has 0 aliphatic carbocycles. The summed E-state index contributed by atoms with van der Waals surface area (Å²) in [5.74, 6) is 2.44. The quantitative estimate of drug-likeness (QED) is 0.124. The molecule has 0 aliphatic rings. The summed E-state index contributed by atoms with van der Waals surface area (Å²) in [6, 6.07) is 23.1. The normalized spacial score (nSPS) is 13.3. The number of alkyl halides is 3. The fourth-order valence-electron chi connectivity index (χ4n) is 3.19. The molecular formula is C26H25F3INO5S2. The Morgan fingerprint density at radius 2 is 1.47 bits per heavy atom. The second kappa shape index (κ2) is 13.1. The zero-order valence-corrected chi connectivity index (χ0v) is 23.9. The zero-order valence-electron chi connectivity index (χ0n) is 20.2. The van der Waals surface area contributed by atoms with E-state index in [4.69, 9.17) is 0 Å². The van der Waals surface area contributed by atoms with Crippen molar-refractivity contribution in [2.24, 2.45) is 0 Å². The van der Waals surface area contributed by atoms with Gasteiger partial charge in [-0.15, -0.1) is 0 Å². The Balaban J connectivity index is 1.80. The predicted octanol–water partition coefficient (Wildman–Crippen LogP) is 5.96. The molecule has 1 atom stereocenters. The van der Waals surface area contributed by atoms with E-state index in [1.54, 1.807) is 60.7 Å². The Morgan fingerprint density at radius 1 is 0.895 bits per heavy atom. The van der Waals surface area contributed by atoms with E-state index >= 15 is 0 Å². The maximum absolute atomic E-state index is 13.0. The van der Waals surface area contributed by atoms with E-state index in [9.17, 15) is 30.0 Å². The first-order chi connectivity index (χ1) is 17.9. The van der Waals surface area contributed by atoms with Crippen LogP contribution in [0.25, 0.3) is 0 Å². The van der Waals surface area contributed by atoms with Gasteiger partial charge in [0.05, 0.1) is 0 Å². The first kappa shape index (κ1) is 30.1. The second-order valence-corrected chi connectivity index (χ2v) is 15.6. The van der Waals surface area contributed by atoms with Crippen molar-refractivity contribution in [3.05, 3.63) is 99.6 Å². The van der Waals surface area contributed by atoms with Crippen molar-refractivity contribution in [2.75, 3.05) is 6.54 Å². The van der Waals surface area contributed by atoms with Crippen molar-refractivity contribution in [2.45, 2.75) is 36.1 Å². The fourth-order valence-corrected chi connectivity index (χ4v) is 9.57. The summed E-state index contributed by atoms with van der Waals surface area (Å²) in [6.45, 7) is 1.96. The zero-order chi connectivity index (χ0) is 27.8. The maximum atomic E-state index is 13.0. The molecule has 0 amide bonds. The molecule has 3 aromatic rings. The molecule has 0 spiro atoms. The number of aryl methyl sites for hydroxylation is 1. The molecule has 0 radical (unpaired) electrons. The van der Waals surface area contributed by atoms with Gasteiger partial charge in [-0.2, -0.15) is 0 Å². The molecule has 0 aliphatic heterocycles. The van der Waals surface area contributed by atoms with Gasteiger partial charge in [-0.25, -0.2) is 0 Å². The molecule has 0 saturated heterocycles. The number of halogens is 4. The van der Waals surface area contributed by atoms with Crippen LogP contribution in [-0.4, -0.2) is 28.9 Å². The van der Waals surface area contributed by atoms with Crippen LogP contribution in [0.4, 0.5) is 13.2 Å². The van der Waals surface area contributed by atoms with Crippen LogP contribution in [0.15, 0.2) is 89.8 Å². The first-order valence-corrected chi connectivity index (χ1v) is 17.2. The van der Waals surface area contributed by atoms with Crippen LogP contribution in [0, 0.1) is 20.3 Å². The SMILES string of the molecule is Cc1ccc(S(=O)(=O)NCCCC(C#CI(OS(=O)(=O)C(F)(F)F)c2ccccc2)c2ccccc2)cc1. The number of rotatable bonds is 10. The van der Waals surface area contributed by atoms with Crippen LogP contribution in [0.1, 0.15) is 29.9 Å². The molecule has 1 N–H and O–H groups in total.